The van der Waals surface area contributed by atoms with Crippen molar-refractivity contribution in [2.24, 2.45) is 5.92 Å². The molecule has 1 saturated carbocycles. The van der Waals surface area contributed by atoms with Gasteiger partial charge < -0.3 is 25.6 Å². The summed E-state index contributed by atoms with van der Waals surface area (Å²) in [6, 6.07) is 7.32. The Balaban J connectivity index is 1.47. The molecule has 2 aliphatic rings. The number of anilines is 3. The maximum absolute atomic E-state index is 13.1. The molecule has 2 aromatic heterocycles. The van der Waals surface area contributed by atoms with Gasteiger partial charge in [0.1, 0.15) is 33.4 Å². The van der Waals surface area contributed by atoms with Crippen LogP contribution in [0.3, 0.4) is 0 Å². The standard InChI is InChI=1S/C25H30B3N7O4S/c1-12-8-9-35(12)24(38)17-11-29-23(40-17)14-4-3-5-15(20(14)39-2)30-16-10-18(31-21(36)13-6-7-13)33-34-19(16)22(37)32-25(26,27)28/h3-5,10-13H,6-9,26-28H2,1-2H3,(H,32,37)(H2,30,31,33,36). The first-order valence-electron chi connectivity index (χ1n) is 13.3. The average Bonchev–Trinajstić information content (AvgIpc) is 3.63. The van der Waals surface area contributed by atoms with E-state index in [-0.39, 0.29) is 35.3 Å². The molecule has 1 saturated heterocycles. The van der Waals surface area contributed by atoms with E-state index in [4.69, 9.17) is 4.74 Å². The summed E-state index contributed by atoms with van der Waals surface area (Å²) in [6.07, 6.45) is 4.30. The maximum atomic E-state index is 13.1. The van der Waals surface area contributed by atoms with Crippen molar-refractivity contribution in [1.29, 1.82) is 0 Å². The number of nitrogens with one attached hydrogen (secondary N) is 3. The van der Waals surface area contributed by atoms with Crippen LogP contribution >= 0.6 is 11.3 Å². The number of hydrogen-bond acceptors (Lipinski definition) is 9. The minimum Gasteiger partial charge on any atom is -0.494 e. The van der Waals surface area contributed by atoms with Crippen molar-refractivity contribution in [2.75, 3.05) is 24.3 Å². The highest BCUT2D eigenvalue weighted by molar-refractivity contribution is 7.17. The number of ether oxygens (including phenoxy) is 1. The third kappa shape index (κ3) is 5.98. The van der Waals surface area contributed by atoms with Gasteiger partial charge in [0.15, 0.2) is 17.3 Å². The predicted molar refractivity (Wildman–Crippen MR) is 162 cm³/mol. The van der Waals surface area contributed by atoms with Gasteiger partial charge in [0.25, 0.3) is 11.8 Å². The van der Waals surface area contributed by atoms with Crippen molar-refractivity contribution in [1.82, 2.24) is 25.4 Å². The molecule has 1 aliphatic heterocycles. The Bertz CT molecular complexity index is 1470. The number of hydrogen-bond donors (Lipinski definition) is 3. The highest BCUT2D eigenvalue weighted by Crippen LogP contribution is 2.40. The number of amides is 3. The van der Waals surface area contributed by atoms with Gasteiger partial charge in [-0.3, -0.25) is 14.4 Å². The summed E-state index contributed by atoms with van der Waals surface area (Å²) in [6.45, 7) is 2.79. The van der Waals surface area contributed by atoms with Crippen LogP contribution in [0, 0.1) is 5.92 Å². The largest absolute Gasteiger partial charge is 0.494 e. The first kappa shape index (κ1) is 27.7. The molecule has 1 unspecified atom stereocenters. The minimum absolute atomic E-state index is 0.0155. The third-order valence-corrected chi connectivity index (χ3v) is 7.73. The third-order valence-electron chi connectivity index (χ3n) is 6.71. The van der Waals surface area contributed by atoms with Gasteiger partial charge in [0, 0.05) is 24.6 Å². The highest BCUT2D eigenvalue weighted by Gasteiger charge is 2.32. The summed E-state index contributed by atoms with van der Waals surface area (Å²) in [5, 5.41) is 17.3. The summed E-state index contributed by atoms with van der Waals surface area (Å²) in [7, 11) is 7.16. The van der Waals surface area contributed by atoms with Crippen LogP contribution in [0.25, 0.3) is 10.6 Å². The number of thiazole rings is 1. The molecule has 2 fully saturated rings. The van der Waals surface area contributed by atoms with Crippen molar-refractivity contribution in [3.63, 3.8) is 0 Å². The van der Waals surface area contributed by atoms with E-state index in [1.807, 2.05) is 47.5 Å². The minimum atomic E-state index is -0.500. The Morgan fingerprint density at radius 3 is 2.52 bits per heavy atom. The first-order valence-corrected chi connectivity index (χ1v) is 14.1. The number of methoxy groups -OCH3 is 1. The van der Waals surface area contributed by atoms with E-state index in [0.29, 0.717) is 32.6 Å². The van der Waals surface area contributed by atoms with Crippen LogP contribution in [-0.4, -0.2) is 86.3 Å². The predicted octanol–water partition coefficient (Wildman–Crippen LogP) is 0.176. The second kappa shape index (κ2) is 11.0. The zero-order valence-corrected chi connectivity index (χ0v) is 24.0. The van der Waals surface area contributed by atoms with Crippen molar-refractivity contribution in [3.05, 3.63) is 41.0 Å². The van der Waals surface area contributed by atoms with E-state index < -0.39 is 11.1 Å². The van der Waals surface area contributed by atoms with Gasteiger partial charge in [-0.25, -0.2) is 4.98 Å². The normalized spacial score (nSPS) is 16.6. The Kier molecular flexibility index (Phi) is 7.58. The summed E-state index contributed by atoms with van der Waals surface area (Å²) < 4.78 is 5.79. The number of para-hydroxylation sites is 1. The number of aromatic nitrogens is 3. The molecule has 0 spiro atoms. The fourth-order valence-corrected chi connectivity index (χ4v) is 5.21. The van der Waals surface area contributed by atoms with E-state index in [1.165, 1.54) is 11.3 Å². The topological polar surface area (TPSA) is 138 Å². The monoisotopic (exact) mass is 557 g/mol. The number of rotatable bonds is 9. The molecule has 0 bridgehead atoms. The van der Waals surface area contributed by atoms with E-state index in [1.54, 1.807) is 25.4 Å². The molecule has 0 radical (unpaired) electrons. The van der Waals surface area contributed by atoms with Gasteiger partial charge in [-0.05, 0) is 43.6 Å². The second-order valence-electron chi connectivity index (χ2n) is 11.1. The second-order valence-corrected chi connectivity index (χ2v) is 12.2. The summed E-state index contributed by atoms with van der Waals surface area (Å²) >= 11 is 1.31. The average molecular weight is 557 g/mol. The number of benzene rings is 1. The molecule has 1 aliphatic carbocycles. The molecule has 3 amide bonds. The molecule has 15 heteroatoms. The smallest absolute Gasteiger partial charge is 0.272 e. The van der Waals surface area contributed by atoms with Crippen LogP contribution < -0.4 is 20.7 Å². The van der Waals surface area contributed by atoms with Crippen molar-refractivity contribution < 1.29 is 19.1 Å². The fraction of sp³-hybridized carbons (Fsp3) is 0.360. The van der Waals surface area contributed by atoms with Crippen LogP contribution in [0.4, 0.5) is 17.2 Å². The van der Waals surface area contributed by atoms with Crippen LogP contribution in [0.15, 0.2) is 30.5 Å². The van der Waals surface area contributed by atoms with E-state index >= 15 is 0 Å². The molecule has 3 N–H and O–H groups in total. The molecular weight excluding hydrogens is 527 g/mol. The molecule has 11 nitrogen and oxygen atoms in total. The first-order chi connectivity index (χ1) is 19.0. The zero-order valence-electron chi connectivity index (χ0n) is 23.2. The van der Waals surface area contributed by atoms with Crippen LogP contribution in [0.2, 0.25) is 0 Å². The maximum Gasteiger partial charge on any atom is 0.272 e. The van der Waals surface area contributed by atoms with Gasteiger partial charge >= 0.3 is 0 Å². The van der Waals surface area contributed by atoms with Crippen molar-refractivity contribution >= 4 is 69.8 Å². The molecule has 1 aromatic carbocycles. The Labute approximate surface area is 239 Å². The van der Waals surface area contributed by atoms with Crippen LogP contribution in [0.1, 0.15) is 46.3 Å². The lowest BCUT2D eigenvalue weighted by Gasteiger charge is -2.38. The lowest BCUT2D eigenvalue weighted by molar-refractivity contribution is -0.117. The number of carbonyl (C=O) groups excluding carboxylic acids is 3. The molecule has 3 aromatic rings. The molecule has 1 atom stereocenters. The lowest BCUT2D eigenvalue weighted by atomic mass is 9.49. The highest BCUT2D eigenvalue weighted by atomic mass is 32.1. The number of carbonyl (C=O) groups is 3. The number of nitrogens with zero attached hydrogens (tertiary/aromatic N) is 4. The van der Waals surface area contributed by atoms with Gasteiger partial charge in [-0.15, -0.1) is 21.5 Å². The van der Waals surface area contributed by atoms with Crippen molar-refractivity contribution in [2.45, 2.75) is 37.5 Å². The lowest BCUT2D eigenvalue weighted by Crippen LogP contribution is -2.50. The Hall–Kier alpha value is -3.87. The SMILES string of the molecule is BC(B)(B)NC(=O)c1nnc(NC(=O)C2CC2)cc1Nc1cccc(-c2ncc(C(=O)N3CCC3C)s2)c1OC. The number of likely N-dealkylation sites (tertiary alicyclic amines) is 1. The van der Waals surface area contributed by atoms with E-state index in [2.05, 4.69) is 31.1 Å². The fourth-order valence-electron chi connectivity index (χ4n) is 4.32. The Morgan fingerprint density at radius 1 is 1.12 bits per heavy atom. The van der Waals surface area contributed by atoms with Crippen molar-refractivity contribution in [3.8, 4) is 16.3 Å². The molecular formula is C25H30B3N7O4S. The van der Waals surface area contributed by atoms with Gasteiger partial charge in [0.05, 0.1) is 30.2 Å². The van der Waals surface area contributed by atoms with Gasteiger partial charge in [-0.2, -0.15) is 0 Å². The molecule has 40 heavy (non-hydrogen) atoms. The van der Waals surface area contributed by atoms with Crippen LogP contribution in [0.5, 0.6) is 5.75 Å². The van der Waals surface area contributed by atoms with Gasteiger partial charge in [0.2, 0.25) is 5.91 Å². The van der Waals surface area contributed by atoms with Crippen LogP contribution in [-0.2, 0) is 4.79 Å². The molecule has 5 rings (SSSR count). The molecule has 3 heterocycles. The summed E-state index contributed by atoms with van der Waals surface area (Å²) in [4.78, 5) is 45.3. The summed E-state index contributed by atoms with van der Waals surface area (Å²) in [5.74, 6) is 0.155. The van der Waals surface area contributed by atoms with E-state index in [0.717, 1.165) is 25.8 Å². The van der Waals surface area contributed by atoms with E-state index in [9.17, 15) is 14.4 Å². The zero-order chi connectivity index (χ0) is 28.6. The summed E-state index contributed by atoms with van der Waals surface area (Å²) in [5.41, 5.74) is 1.66. The quantitative estimate of drug-likeness (QED) is 0.317. The molecule has 204 valence electrons. The Morgan fingerprint density at radius 2 is 1.90 bits per heavy atom. The van der Waals surface area contributed by atoms with Gasteiger partial charge in [-0.1, -0.05) is 6.07 Å².